The quantitative estimate of drug-likeness (QED) is 0.349. The molecule has 174 valence electrons. The number of aldehydes is 1. The van der Waals surface area contributed by atoms with Crippen LogP contribution in [0.3, 0.4) is 0 Å². The molecule has 0 heterocycles. The lowest BCUT2D eigenvalue weighted by atomic mass is 9.81. The van der Waals surface area contributed by atoms with E-state index in [0.29, 0.717) is 12.3 Å². The Morgan fingerprint density at radius 3 is 2.30 bits per heavy atom. The number of phenols is 1. The first-order valence-electron chi connectivity index (χ1n) is 10.8. The summed E-state index contributed by atoms with van der Waals surface area (Å²) in [5.41, 5.74) is 1.10. The van der Waals surface area contributed by atoms with Crippen LogP contribution in [0.1, 0.15) is 45.1 Å². The number of phenolic OH excluding ortho intramolecular Hbond substituents is 1. The molecule has 1 aliphatic rings. The zero-order valence-corrected chi connectivity index (χ0v) is 19.6. The number of nitrogens with one attached hydrogen (secondary N) is 2. The molecular weight excluding hydrogens is 384 g/mol. The van der Waals surface area contributed by atoms with E-state index < -0.39 is 0 Å². The minimum atomic E-state index is -0.270. The molecule has 0 radical (unpaired) electrons. The zero-order chi connectivity index (χ0) is 22.8. The SMILES string of the molecule is CC.CNCCc1ccc(OC)c(O)c1.COC(CN[C@@H](C=O)CC1CCC1)OC. The summed E-state index contributed by atoms with van der Waals surface area (Å²) in [6.45, 7) is 5.47. The van der Waals surface area contributed by atoms with E-state index in [1.807, 2.05) is 27.0 Å². The Bertz CT molecular complexity index is 548. The van der Waals surface area contributed by atoms with E-state index in [0.717, 1.165) is 37.2 Å². The Morgan fingerprint density at radius 1 is 1.20 bits per heavy atom. The Morgan fingerprint density at radius 2 is 1.87 bits per heavy atom. The van der Waals surface area contributed by atoms with Crippen molar-refractivity contribution in [1.29, 1.82) is 0 Å². The number of rotatable bonds is 12. The molecule has 1 aromatic rings. The highest BCUT2D eigenvalue weighted by Gasteiger charge is 2.22. The van der Waals surface area contributed by atoms with Crippen molar-refractivity contribution in [1.82, 2.24) is 10.6 Å². The fraction of sp³-hybridized carbons (Fsp3) is 0.696. The summed E-state index contributed by atoms with van der Waals surface area (Å²) < 4.78 is 15.0. The minimum absolute atomic E-state index is 0.0527. The molecule has 1 fully saturated rings. The lowest BCUT2D eigenvalue weighted by Crippen LogP contribution is -2.39. The van der Waals surface area contributed by atoms with Crippen LogP contribution in [-0.2, 0) is 20.7 Å². The molecule has 7 heteroatoms. The summed E-state index contributed by atoms with van der Waals surface area (Å²) in [4.78, 5) is 10.8. The molecule has 1 saturated carbocycles. The summed E-state index contributed by atoms with van der Waals surface area (Å²) in [5, 5.41) is 15.6. The number of carbonyl (C=O) groups excluding carboxylic acids is 1. The summed E-state index contributed by atoms with van der Waals surface area (Å²) >= 11 is 0. The molecule has 30 heavy (non-hydrogen) atoms. The molecule has 2 rings (SSSR count). The average molecular weight is 427 g/mol. The van der Waals surface area contributed by atoms with Gasteiger partial charge in [-0.25, -0.2) is 0 Å². The molecule has 0 aromatic heterocycles. The summed E-state index contributed by atoms with van der Waals surface area (Å²) in [7, 11) is 6.64. The molecule has 0 unspecified atom stereocenters. The van der Waals surface area contributed by atoms with Gasteiger partial charge in [-0.3, -0.25) is 0 Å². The molecule has 1 aliphatic carbocycles. The molecule has 1 aromatic carbocycles. The molecule has 0 spiro atoms. The second-order valence-corrected chi connectivity index (χ2v) is 6.94. The fourth-order valence-corrected chi connectivity index (χ4v) is 2.95. The van der Waals surface area contributed by atoms with E-state index in [4.69, 9.17) is 14.2 Å². The molecule has 0 amide bonds. The standard InChI is InChI=1S/C11H21NO3.C10H15NO2.C2H6/c1-14-11(15-2)7-12-10(8-13)6-9-4-3-5-9;1-11-6-5-8-3-4-10(13-2)9(12)7-8;1-2/h8-12H,3-7H2,1-2H3;3-4,7,11-12H,5-6H2,1-2H3;1-2H3/t10-;;/m1../s1. The molecule has 0 saturated heterocycles. The van der Waals surface area contributed by atoms with Crippen LogP contribution in [0, 0.1) is 5.92 Å². The van der Waals surface area contributed by atoms with E-state index in [1.165, 1.54) is 19.3 Å². The highest BCUT2D eigenvalue weighted by molar-refractivity contribution is 5.57. The van der Waals surface area contributed by atoms with Gasteiger partial charge >= 0.3 is 0 Å². The second kappa shape index (κ2) is 18.1. The Labute approximate surface area is 182 Å². The van der Waals surface area contributed by atoms with Gasteiger partial charge in [0.2, 0.25) is 0 Å². The third-order valence-corrected chi connectivity index (χ3v) is 4.96. The van der Waals surface area contributed by atoms with Crippen molar-refractivity contribution >= 4 is 6.29 Å². The largest absolute Gasteiger partial charge is 0.504 e. The number of aromatic hydroxyl groups is 1. The van der Waals surface area contributed by atoms with Crippen molar-refractivity contribution in [3.05, 3.63) is 23.8 Å². The van der Waals surface area contributed by atoms with Crippen LogP contribution in [0.2, 0.25) is 0 Å². The smallest absolute Gasteiger partial charge is 0.169 e. The van der Waals surface area contributed by atoms with Crippen LogP contribution >= 0.6 is 0 Å². The Balaban J connectivity index is 0.000000522. The highest BCUT2D eigenvalue weighted by atomic mass is 16.7. The third kappa shape index (κ3) is 11.5. The lowest BCUT2D eigenvalue weighted by molar-refractivity contribution is -0.113. The molecule has 7 nitrogen and oxygen atoms in total. The Hall–Kier alpha value is -1.67. The van der Waals surface area contributed by atoms with Crippen LogP contribution in [0.4, 0.5) is 0 Å². The van der Waals surface area contributed by atoms with Crippen molar-refractivity contribution in [2.24, 2.45) is 5.92 Å². The maximum Gasteiger partial charge on any atom is 0.169 e. The van der Waals surface area contributed by atoms with E-state index in [-0.39, 0.29) is 18.1 Å². The number of carbonyl (C=O) groups is 1. The predicted octanol–water partition coefficient (Wildman–Crippen LogP) is 3.14. The molecule has 1 atom stereocenters. The van der Waals surface area contributed by atoms with E-state index >= 15 is 0 Å². The predicted molar refractivity (Wildman–Crippen MR) is 121 cm³/mol. The first kappa shape index (κ1) is 28.3. The van der Waals surface area contributed by atoms with E-state index in [1.54, 1.807) is 33.5 Å². The number of ether oxygens (including phenoxy) is 3. The fourth-order valence-electron chi connectivity index (χ4n) is 2.95. The second-order valence-electron chi connectivity index (χ2n) is 6.94. The van der Waals surface area contributed by atoms with Gasteiger partial charge < -0.3 is 34.7 Å². The number of hydrogen-bond donors (Lipinski definition) is 3. The van der Waals surface area contributed by atoms with E-state index in [2.05, 4.69) is 10.6 Å². The van der Waals surface area contributed by atoms with Crippen molar-refractivity contribution in [2.75, 3.05) is 41.5 Å². The summed E-state index contributed by atoms with van der Waals surface area (Å²) in [5.74, 6) is 1.46. The number of likely N-dealkylation sites (N-methyl/N-ethyl adjacent to an activating group) is 1. The van der Waals surface area contributed by atoms with Gasteiger partial charge in [0, 0.05) is 20.8 Å². The molecular formula is C23H42N2O5. The van der Waals surface area contributed by atoms with Crippen molar-refractivity contribution in [3.63, 3.8) is 0 Å². The minimum Gasteiger partial charge on any atom is -0.504 e. The maximum atomic E-state index is 10.8. The van der Waals surface area contributed by atoms with Gasteiger partial charge in [0.15, 0.2) is 17.8 Å². The van der Waals surface area contributed by atoms with E-state index in [9.17, 15) is 9.90 Å². The van der Waals surface area contributed by atoms with Gasteiger partial charge in [0.05, 0.1) is 13.2 Å². The van der Waals surface area contributed by atoms with Gasteiger partial charge in [-0.05, 0) is 50.0 Å². The van der Waals surface area contributed by atoms with Gasteiger partial charge in [-0.1, -0.05) is 39.2 Å². The summed E-state index contributed by atoms with van der Waals surface area (Å²) in [6.07, 6.45) is 6.43. The zero-order valence-electron chi connectivity index (χ0n) is 19.6. The molecule has 3 N–H and O–H groups in total. The number of benzene rings is 1. The monoisotopic (exact) mass is 426 g/mol. The van der Waals surface area contributed by atoms with Crippen molar-refractivity contribution in [2.45, 2.75) is 58.3 Å². The van der Waals surface area contributed by atoms with Crippen LogP contribution < -0.4 is 15.4 Å². The normalized spacial score (nSPS) is 14.0. The first-order valence-corrected chi connectivity index (χ1v) is 10.8. The number of methoxy groups -OCH3 is 3. The van der Waals surface area contributed by atoms with Crippen LogP contribution in [0.25, 0.3) is 0 Å². The highest BCUT2D eigenvalue weighted by Crippen LogP contribution is 2.30. The van der Waals surface area contributed by atoms with Crippen molar-refractivity contribution in [3.8, 4) is 11.5 Å². The van der Waals surface area contributed by atoms with Crippen molar-refractivity contribution < 1.29 is 24.1 Å². The van der Waals surface area contributed by atoms with Crippen LogP contribution in [0.15, 0.2) is 18.2 Å². The van der Waals surface area contributed by atoms with Gasteiger partial charge in [0.25, 0.3) is 0 Å². The van der Waals surface area contributed by atoms with Gasteiger partial charge in [-0.2, -0.15) is 0 Å². The lowest BCUT2D eigenvalue weighted by Gasteiger charge is -2.28. The topological polar surface area (TPSA) is 89.0 Å². The number of hydrogen-bond acceptors (Lipinski definition) is 7. The van der Waals surface area contributed by atoms with Gasteiger partial charge in [-0.15, -0.1) is 0 Å². The molecule has 0 bridgehead atoms. The maximum absolute atomic E-state index is 10.8. The molecule has 0 aliphatic heterocycles. The van der Waals surface area contributed by atoms with Crippen LogP contribution in [-0.4, -0.2) is 65.2 Å². The Kier molecular flexibility index (Phi) is 17.1. The summed E-state index contributed by atoms with van der Waals surface area (Å²) in [6, 6.07) is 5.41. The van der Waals surface area contributed by atoms with Gasteiger partial charge in [0.1, 0.15) is 6.29 Å². The first-order chi connectivity index (χ1) is 14.6. The van der Waals surface area contributed by atoms with Crippen LogP contribution in [0.5, 0.6) is 11.5 Å². The third-order valence-electron chi connectivity index (χ3n) is 4.96. The average Bonchev–Trinajstić information content (AvgIpc) is 2.75.